The Morgan fingerprint density at radius 2 is 2.33 bits per heavy atom. The van der Waals surface area contributed by atoms with Gasteiger partial charge >= 0.3 is 5.97 Å². The van der Waals surface area contributed by atoms with E-state index in [0.29, 0.717) is 5.16 Å². The molecular weight excluding hydrogens is 270 g/mol. The molecule has 0 aliphatic rings. The van der Waals surface area contributed by atoms with Gasteiger partial charge in [0.05, 0.1) is 11.4 Å². The van der Waals surface area contributed by atoms with Gasteiger partial charge in [-0.3, -0.25) is 9.36 Å². The number of carbonyl (C=O) groups is 1. The summed E-state index contributed by atoms with van der Waals surface area (Å²) in [6, 6.07) is 7.92. The molecule has 18 heavy (non-hydrogen) atoms. The number of benzene rings is 1. The zero-order valence-electron chi connectivity index (χ0n) is 9.61. The Hall–Kier alpha value is -1.47. The Kier molecular flexibility index (Phi) is 4.27. The summed E-state index contributed by atoms with van der Waals surface area (Å²) < 4.78 is 1.79. The second-order valence-corrected chi connectivity index (χ2v) is 5.19. The summed E-state index contributed by atoms with van der Waals surface area (Å²) >= 11 is 2.80. The number of carboxylic acid groups (broad SMARTS) is 1. The van der Waals surface area contributed by atoms with E-state index in [0.717, 1.165) is 22.3 Å². The van der Waals surface area contributed by atoms with Gasteiger partial charge in [-0.25, -0.2) is 0 Å². The van der Waals surface area contributed by atoms with Gasteiger partial charge in [0.2, 0.25) is 0 Å². The number of aromatic nitrogens is 3. The van der Waals surface area contributed by atoms with Crippen molar-refractivity contribution in [2.24, 2.45) is 0 Å². The molecule has 1 aromatic heterocycles. The van der Waals surface area contributed by atoms with Crippen molar-refractivity contribution >= 4 is 29.5 Å². The molecule has 0 amide bonds. The Balaban J connectivity index is 2.27. The Morgan fingerprint density at radius 1 is 1.50 bits per heavy atom. The molecule has 0 radical (unpaired) electrons. The van der Waals surface area contributed by atoms with E-state index >= 15 is 0 Å². The predicted molar refractivity (Wildman–Crippen MR) is 71.5 cm³/mol. The third-order valence-corrected chi connectivity index (χ3v) is 3.83. The summed E-state index contributed by atoms with van der Waals surface area (Å²) in [5.74, 6) is -0.895. The lowest BCUT2D eigenvalue weighted by Crippen LogP contribution is -2.01. The van der Waals surface area contributed by atoms with Crippen LogP contribution in [0.5, 0.6) is 0 Å². The lowest BCUT2D eigenvalue weighted by molar-refractivity contribution is -0.133. The topological polar surface area (TPSA) is 68.0 Å². The van der Waals surface area contributed by atoms with Crippen LogP contribution in [0, 0.1) is 0 Å². The van der Waals surface area contributed by atoms with Gasteiger partial charge in [-0.05, 0) is 24.5 Å². The molecule has 0 saturated carbocycles. The van der Waals surface area contributed by atoms with Crippen molar-refractivity contribution in [3.63, 3.8) is 0 Å². The first-order valence-corrected chi connectivity index (χ1v) is 7.31. The first-order chi connectivity index (χ1) is 8.70. The molecule has 5 nitrogen and oxygen atoms in total. The third-order valence-electron chi connectivity index (χ3n) is 2.17. The lowest BCUT2D eigenvalue weighted by Gasteiger charge is -2.06. The van der Waals surface area contributed by atoms with E-state index < -0.39 is 5.97 Å². The fraction of sp³-hybridized carbons (Fsp3) is 0.182. The second-order valence-electron chi connectivity index (χ2n) is 3.37. The monoisotopic (exact) mass is 281 g/mol. The summed E-state index contributed by atoms with van der Waals surface area (Å²) in [4.78, 5) is 11.7. The average Bonchev–Trinajstić information content (AvgIpc) is 2.84. The molecule has 2 rings (SSSR count). The van der Waals surface area contributed by atoms with Gasteiger partial charge < -0.3 is 5.11 Å². The van der Waals surface area contributed by atoms with Crippen molar-refractivity contribution in [2.45, 2.75) is 10.1 Å². The van der Waals surface area contributed by atoms with Gasteiger partial charge in [-0.15, -0.1) is 22.0 Å². The molecule has 0 aliphatic heterocycles. The van der Waals surface area contributed by atoms with Gasteiger partial charge in [0.15, 0.2) is 5.16 Å². The van der Waals surface area contributed by atoms with Crippen LogP contribution >= 0.6 is 23.5 Å². The highest BCUT2D eigenvalue weighted by atomic mass is 32.2. The highest BCUT2D eigenvalue weighted by Crippen LogP contribution is 2.22. The fourth-order valence-electron chi connectivity index (χ4n) is 1.39. The lowest BCUT2D eigenvalue weighted by atomic mass is 10.3. The summed E-state index contributed by atoms with van der Waals surface area (Å²) in [5, 5.41) is 17.0. The maximum absolute atomic E-state index is 10.6. The van der Waals surface area contributed by atoms with Crippen LogP contribution in [0.25, 0.3) is 5.69 Å². The molecule has 0 fully saturated rings. The van der Waals surface area contributed by atoms with Gasteiger partial charge in [0, 0.05) is 4.90 Å². The molecule has 0 atom stereocenters. The van der Waals surface area contributed by atoms with E-state index in [1.807, 2.05) is 30.5 Å². The van der Waals surface area contributed by atoms with Crippen molar-refractivity contribution in [3.8, 4) is 5.69 Å². The summed E-state index contributed by atoms with van der Waals surface area (Å²) in [5.41, 5.74) is 0.930. The highest BCUT2D eigenvalue weighted by molar-refractivity contribution is 7.99. The maximum Gasteiger partial charge on any atom is 0.313 e. The van der Waals surface area contributed by atoms with E-state index in [-0.39, 0.29) is 5.75 Å². The second kappa shape index (κ2) is 5.92. The standard InChI is InChI=1S/C11H11N3O2S2/c1-17-9-4-2-3-8(5-9)14-7-12-13-11(14)18-6-10(15)16/h2-5,7H,6H2,1H3,(H,15,16). The van der Waals surface area contributed by atoms with E-state index in [9.17, 15) is 4.79 Å². The molecule has 0 unspecified atom stereocenters. The zero-order valence-corrected chi connectivity index (χ0v) is 11.2. The van der Waals surface area contributed by atoms with Crippen LogP contribution in [-0.2, 0) is 4.79 Å². The average molecular weight is 281 g/mol. The van der Waals surface area contributed by atoms with Crippen LogP contribution < -0.4 is 0 Å². The Bertz CT molecular complexity index is 557. The minimum atomic E-state index is -0.868. The number of thioether (sulfide) groups is 2. The fourth-order valence-corrected chi connectivity index (χ4v) is 2.49. The highest BCUT2D eigenvalue weighted by Gasteiger charge is 2.09. The van der Waals surface area contributed by atoms with Crippen molar-refractivity contribution in [1.82, 2.24) is 14.8 Å². The number of nitrogens with zero attached hydrogens (tertiary/aromatic N) is 3. The van der Waals surface area contributed by atoms with E-state index in [2.05, 4.69) is 10.2 Å². The molecule has 0 saturated heterocycles. The van der Waals surface area contributed by atoms with Crippen LogP contribution in [0.15, 0.2) is 40.6 Å². The molecule has 0 bridgehead atoms. The number of aliphatic carboxylic acids is 1. The summed E-state index contributed by atoms with van der Waals surface area (Å²) in [6.07, 6.45) is 3.59. The molecule has 0 aliphatic carbocycles. The van der Waals surface area contributed by atoms with Gasteiger partial charge in [-0.1, -0.05) is 17.8 Å². The van der Waals surface area contributed by atoms with Crippen molar-refractivity contribution in [3.05, 3.63) is 30.6 Å². The van der Waals surface area contributed by atoms with Gasteiger partial charge in [0.1, 0.15) is 6.33 Å². The number of carboxylic acids is 1. The smallest absolute Gasteiger partial charge is 0.313 e. The van der Waals surface area contributed by atoms with Crippen LogP contribution in [0.1, 0.15) is 0 Å². The molecule has 7 heteroatoms. The van der Waals surface area contributed by atoms with Crippen LogP contribution in [0.2, 0.25) is 0 Å². The molecule has 1 heterocycles. The molecular formula is C11H11N3O2S2. The van der Waals surface area contributed by atoms with Crippen molar-refractivity contribution in [1.29, 1.82) is 0 Å². The first-order valence-electron chi connectivity index (χ1n) is 5.10. The Labute approximate surface area is 113 Å². The van der Waals surface area contributed by atoms with Gasteiger partial charge in [0.25, 0.3) is 0 Å². The summed E-state index contributed by atoms with van der Waals surface area (Å²) in [6.45, 7) is 0. The molecule has 1 N–H and O–H groups in total. The SMILES string of the molecule is CSc1cccc(-n2cnnc2SCC(=O)O)c1. The minimum Gasteiger partial charge on any atom is -0.481 e. The minimum absolute atomic E-state index is 0.0269. The van der Waals surface area contributed by atoms with E-state index in [1.54, 1.807) is 22.7 Å². The van der Waals surface area contributed by atoms with Crippen molar-refractivity contribution in [2.75, 3.05) is 12.0 Å². The largest absolute Gasteiger partial charge is 0.481 e. The van der Waals surface area contributed by atoms with Crippen molar-refractivity contribution < 1.29 is 9.90 Å². The van der Waals surface area contributed by atoms with E-state index in [4.69, 9.17) is 5.11 Å². The number of hydrogen-bond donors (Lipinski definition) is 1. The Morgan fingerprint density at radius 3 is 3.06 bits per heavy atom. The zero-order chi connectivity index (χ0) is 13.0. The van der Waals surface area contributed by atoms with Crippen LogP contribution in [-0.4, -0.2) is 37.8 Å². The normalized spacial score (nSPS) is 10.5. The van der Waals surface area contributed by atoms with Gasteiger partial charge in [-0.2, -0.15) is 0 Å². The number of rotatable bonds is 5. The quantitative estimate of drug-likeness (QED) is 0.847. The molecule has 0 spiro atoms. The molecule has 94 valence electrons. The third kappa shape index (κ3) is 3.05. The maximum atomic E-state index is 10.6. The predicted octanol–water partition coefficient (Wildman–Crippen LogP) is 2.17. The van der Waals surface area contributed by atoms with Crippen LogP contribution in [0.3, 0.4) is 0 Å². The summed E-state index contributed by atoms with van der Waals surface area (Å²) in [7, 11) is 0. The first kappa shape index (κ1) is 13.0. The molecule has 2 aromatic rings. The molecule has 1 aromatic carbocycles. The van der Waals surface area contributed by atoms with Crippen LogP contribution in [0.4, 0.5) is 0 Å². The van der Waals surface area contributed by atoms with E-state index in [1.165, 1.54) is 0 Å². The number of hydrogen-bond acceptors (Lipinski definition) is 5.